The highest BCUT2D eigenvalue weighted by Gasteiger charge is 2.18. The van der Waals surface area contributed by atoms with Crippen LogP contribution in [0.5, 0.6) is 0 Å². The average molecular weight is 294 g/mol. The number of hydrogen-bond donors (Lipinski definition) is 2. The number of hydrogen-bond acceptors (Lipinski definition) is 3. The van der Waals surface area contributed by atoms with Crippen LogP contribution in [0.3, 0.4) is 0 Å². The number of benzene rings is 2. The van der Waals surface area contributed by atoms with E-state index < -0.39 is 5.97 Å². The van der Waals surface area contributed by atoms with Crippen LogP contribution in [-0.4, -0.2) is 15.8 Å². The van der Waals surface area contributed by atoms with E-state index >= 15 is 0 Å². The van der Waals surface area contributed by atoms with Crippen molar-refractivity contribution < 1.29 is 9.90 Å². The highest BCUT2D eigenvalue weighted by atomic mass is 16.4. The minimum atomic E-state index is -1.06. The topological polar surface area (TPSA) is 71.3 Å². The van der Waals surface area contributed by atoms with E-state index in [2.05, 4.69) is 5.43 Å². The van der Waals surface area contributed by atoms with Gasteiger partial charge in [-0.1, -0.05) is 36.4 Å². The van der Waals surface area contributed by atoms with Gasteiger partial charge in [0.2, 0.25) is 0 Å². The summed E-state index contributed by atoms with van der Waals surface area (Å²) in [6.45, 7) is 1.62. The van der Waals surface area contributed by atoms with Gasteiger partial charge in [0, 0.05) is 10.8 Å². The second-order valence-electron chi connectivity index (χ2n) is 4.93. The molecule has 0 bridgehead atoms. The van der Waals surface area contributed by atoms with E-state index in [1.165, 1.54) is 4.68 Å². The van der Waals surface area contributed by atoms with Crippen LogP contribution in [0.15, 0.2) is 59.4 Å². The Labute approximate surface area is 126 Å². The fourth-order valence-corrected chi connectivity index (χ4v) is 2.51. The zero-order valence-electron chi connectivity index (χ0n) is 11.9. The Balaban J connectivity index is 2.31. The first-order valence-electron chi connectivity index (χ1n) is 6.79. The molecule has 0 saturated carbocycles. The van der Waals surface area contributed by atoms with Crippen LogP contribution >= 0.6 is 0 Å². The van der Waals surface area contributed by atoms with Gasteiger partial charge >= 0.3 is 5.97 Å². The van der Waals surface area contributed by atoms with Gasteiger partial charge < -0.3 is 5.11 Å². The Kier molecular flexibility index (Phi) is 3.39. The summed E-state index contributed by atoms with van der Waals surface area (Å²) in [5.41, 5.74) is 3.89. The summed E-state index contributed by atoms with van der Waals surface area (Å²) in [7, 11) is 0. The van der Waals surface area contributed by atoms with E-state index in [1.807, 2.05) is 30.3 Å². The van der Waals surface area contributed by atoms with E-state index in [0.717, 1.165) is 0 Å². The number of carboxylic acid groups (broad SMARTS) is 1. The number of nitrogens with one attached hydrogen (secondary N) is 1. The van der Waals surface area contributed by atoms with Crippen molar-refractivity contribution in [2.24, 2.45) is 0 Å². The van der Waals surface area contributed by atoms with E-state index in [-0.39, 0.29) is 11.1 Å². The molecule has 0 saturated heterocycles. The van der Waals surface area contributed by atoms with Crippen LogP contribution in [0.1, 0.15) is 16.1 Å². The molecule has 0 aliphatic heterocycles. The van der Waals surface area contributed by atoms with Gasteiger partial charge in [-0.15, -0.1) is 0 Å². The lowest BCUT2D eigenvalue weighted by Crippen LogP contribution is -2.30. The van der Waals surface area contributed by atoms with Gasteiger partial charge in [-0.3, -0.25) is 10.2 Å². The van der Waals surface area contributed by atoms with Crippen molar-refractivity contribution in [3.05, 3.63) is 76.2 Å². The monoisotopic (exact) mass is 294 g/mol. The lowest BCUT2D eigenvalue weighted by Gasteiger charge is -2.16. The highest BCUT2D eigenvalue weighted by Crippen LogP contribution is 2.19. The Morgan fingerprint density at radius 2 is 1.59 bits per heavy atom. The molecule has 0 spiro atoms. The number of fused-ring (bicyclic) bond motifs is 1. The van der Waals surface area contributed by atoms with Crippen LogP contribution in [0.2, 0.25) is 0 Å². The predicted molar refractivity (Wildman–Crippen MR) is 85.4 cm³/mol. The minimum Gasteiger partial charge on any atom is -0.478 e. The lowest BCUT2D eigenvalue weighted by molar-refractivity contribution is 0.0697. The molecule has 3 aromatic rings. The van der Waals surface area contributed by atoms with E-state index in [1.54, 1.807) is 31.2 Å². The molecule has 0 fully saturated rings. The van der Waals surface area contributed by atoms with Crippen LogP contribution in [-0.2, 0) is 0 Å². The van der Waals surface area contributed by atoms with Gasteiger partial charge in [-0.25, -0.2) is 9.47 Å². The number of para-hydroxylation sites is 1. The third kappa shape index (κ3) is 2.22. The standard InChI is InChI=1S/C17H14N2O3/c1-11-15(17(21)22)13-9-5-6-10-14(13)16(20)19(11)18-12-7-3-2-4-8-12/h2-10,18H,1H3,(H,21,22). The first kappa shape index (κ1) is 13.9. The van der Waals surface area contributed by atoms with Gasteiger partial charge in [0.15, 0.2) is 0 Å². The van der Waals surface area contributed by atoms with Crippen molar-refractivity contribution >= 4 is 22.4 Å². The van der Waals surface area contributed by atoms with Crippen molar-refractivity contribution in [1.29, 1.82) is 0 Å². The van der Waals surface area contributed by atoms with Crippen molar-refractivity contribution in [2.45, 2.75) is 6.92 Å². The first-order chi connectivity index (χ1) is 10.6. The third-order valence-corrected chi connectivity index (χ3v) is 3.56. The summed E-state index contributed by atoms with van der Waals surface area (Å²) in [6, 6.07) is 15.9. The predicted octanol–water partition coefficient (Wildman–Crippen LogP) is 2.88. The SMILES string of the molecule is Cc1c(C(=O)O)c2ccccc2c(=O)n1Nc1ccccc1. The molecule has 2 aromatic carbocycles. The molecule has 3 rings (SSSR count). The maximum Gasteiger partial charge on any atom is 0.338 e. The fourth-order valence-electron chi connectivity index (χ4n) is 2.51. The number of rotatable bonds is 3. The average Bonchev–Trinajstić information content (AvgIpc) is 2.52. The van der Waals surface area contributed by atoms with E-state index in [0.29, 0.717) is 22.2 Å². The Morgan fingerprint density at radius 1 is 1.00 bits per heavy atom. The van der Waals surface area contributed by atoms with Crippen LogP contribution < -0.4 is 11.0 Å². The molecule has 0 atom stereocenters. The molecule has 5 heteroatoms. The summed E-state index contributed by atoms with van der Waals surface area (Å²) < 4.78 is 1.28. The van der Waals surface area contributed by atoms with Gasteiger partial charge in [-0.2, -0.15) is 0 Å². The molecule has 0 radical (unpaired) electrons. The smallest absolute Gasteiger partial charge is 0.338 e. The molecule has 0 unspecified atom stereocenters. The van der Waals surface area contributed by atoms with Crippen molar-refractivity contribution in [2.75, 3.05) is 5.43 Å². The largest absolute Gasteiger partial charge is 0.478 e. The Morgan fingerprint density at radius 3 is 2.23 bits per heavy atom. The summed E-state index contributed by atoms with van der Waals surface area (Å²) in [5.74, 6) is -1.06. The van der Waals surface area contributed by atoms with Gasteiger partial charge in [0.05, 0.1) is 16.9 Å². The van der Waals surface area contributed by atoms with Gasteiger partial charge in [0.25, 0.3) is 5.56 Å². The number of nitrogens with zero attached hydrogens (tertiary/aromatic N) is 1. The number of aromatic nitrogens is 1. The van der Waals surface area contributed by atoms with Crippen molar-refractivity contribution in [3.8, 4) is 0 Å². The molecule has 22 heavy (non-hydrogen) atoms. The second-order valence-corrected chi connectivity index (χ2v) is 4.93. The molecule has 5 nitrogen and oxygen atoms in total. The summed E-state index contributed by atoms with van der Waals surface area (Å²) in [5, 5.41) is 10.3. The molecule has 0 aliphatic carbocycles. The lowest BCUT2D eigenvalue weighted by atomic mass is 10.0. The molecule has 1 aromatic heterocycles. The zero-order chi connectivity index (χ0) is 15.7. The molecule has 2 N–H and O–H groups in total. The summed E-state index contributed by atoms with van der Waals surface area (Å²) in [6.07, 6.45) is 0. The Hall–Kier alpha value is -3.08. The maximum atomic E-state index is 12.6. The minimum absolute atomic E-state index is 0.124. The van der Waals surface area contributed by atoms with Crippen LogP contribution in [0.25, 0.3) is 10.8 Å². The first-order valence-corrected chi connectivity index (χ1v) is 6.79. The van der Waals surface area contributed by atoms with E-state index in [4.69, 9.17) is 0 Å². The number of aromatic carboxylic acids is 1. The number of pyridine rings is 1. The maximum absolute atomic E-state index is 12.6. The Bertz CT molecular complexity index is 914. The molecule has 110 valence electrons. The number of anilines is 1. The zero-order valence-corrected chi connectivity index (χ0v) is 11.9. The quantitative estimate of drug-likeness (QED) is 0.779. The van der Waals surface area contributed by atoms with Gasteiger partial charge in [-0.05, 0) is 25.1 Å². The molecular formula is C17H14N2O3. The highest BCUT2D eigenvalue weighted by molar-refractivity contribution is 6.04. The second kappa shape index (κ2) is 5.37. The number of carboxylic acids is 1. The van der Waals surface area contributed by atoms with E-state index in [9.17, 15) is 14.7 Å². The number of carbonyl (C=O) groups is 1. The fraction of sp³-hybridized carbons (Fsp3) is 0.0588. The van der Waals surface area contributed by atoms with Crippen molar-refractivity contribution in [1.82, 2.24) is 4.68 Å². The molecule has 0 aliphatic rings. The molecule has 0 amide bonds. The third-order valence-electron chi connectivity index (χ3n) is 3.56. The molecular weight excluding hydrogens is 280 g/mol. The normalized spacial score (nSPS) is 10.6. The summed E-state index contributed by atoms with van der Waals surface area (Å²) >= 11 is 0. The molecule has 1 heterocycles. The van der Waals surface area contributed by atoms with Crippen LogP contribution in [0.4, 0.5) is 5.69 Å². The summed E-state index contributed by atoms with van der Waals surface area (Å²) in [4.78, 5) is 24.2. The van der Waals surface area contributed by atoms with Crippen molar-refractivity contribution in [3.63, 3.8) is 0 Å². The van der Waals surface area contributed by atoms with Crippen LogP contribution in [0, 0.1) is 6.92 Å². The van der Waals surface area contributed by atoms with Gasteiger partial charge in [0.1, 0.15) is 0 Å².